The molecule has 0 bridgehead atoms. The Bertz CT molecular complexity index is 1030. The third-order valence-electron chi connectivity index (χ3n) is 6.76. The van der Waals surface area contributed by atoms with Gasteiger partial charge in [-0.1, -0.05) is 0 Å². The second-order valence-corrected chi connectivity index (χ2v) is 13.3. The number of hydrogen-bond donors (Lipinski definition) is 0. The van der Waals surface area contributed by atoms with Crippen molar-refractivity contribution in [2.75, 3.05) is 0 Å². The topological polar surface area (TPSA) is 0 Å². The minimum absolute atomic E-state index is 0. The van der Waals surface area contributed by atoms with E-state index in [2.05, 4.69) is 96.1 Å². The van der Waals surface area contributed by atoms with Crippen LogP contribution in [0.2, 0.25) is 0 Å². The monoisotopic (exact) mass is 532 g/mol. The van der Waals surface area contributed by atoms with Crippen LogP contribution in [0.4, 0.5) is 0 Å². The zero-order valence-corrected chi connectivity index (χ0v) is 23.5. The second kappa shape index (κ2) is 10.0. The fourth-order valence-corrected chi connectivity index (χ4v) is 11.3. The van der Waals surface area contributed by atoms with Gasteiger partial charge >= 0.3 is 184 Å². The third kappa shape index (κ3) is 4.39. The summed E-state index contributed by atoms with van der Waals surface area (Å²) in [7, 11) is 0.755. The summed E-state index contributed by atoms with van der Waals surface area (Å²) in [5.74, 6) is 0. The van der Waals surface area contributed by atoms with Crippen molar-refractivity contribution in [1.82, 2.24) is 0 Å². The number of halogens is 2. The van der Waals surface area contributed by atoms with Gasteiger partial charge in [-0.15, -0.1) is 0 Å². The van der Waals surface area contributed by atoms with E-state index < -0.39 is 23.2 Å². The van der Waals surface area contributed by atoms with Crippen LogP contribution in [0.15, 0.2) is 80.2 Å². The Balaban J connectivity index is 0.00000160. The average Bonchev–Trinajstić information content (AvgIpc) is 3.03. The van der Waals surface area contributed by atoms with Crippen LogP contribution in [-0.4, -0.2) is 0 Å². The summed E-state index contributed by atoms with van der Waals surface area (Å²) in [6, 6.07) is 20.2. The Morgan fingerprint density at radius 3 is 2.00 bits per heavy atom. The molecule has 0 N–H and O–H groups in total. The van der Waals surface area contributed by atoms with Gasteiger partial charge in [0.2, 0.25) is 0 Å². The van der Waals surface area contributed by atoms with Crippen molar-refractivity contribution < 1.29 is 48.0 Å². The van der Waals surface area contributed by atoms with Crippen LogP contribution in [0.3, 0.4) is 0 Å². The van der Waals surface area contributed by atoms with Crippen molar-refractivity contribution in [3.05, 3.63) is 91.3 Å². The van der Waals surface area contributed by atoms with Crippen LogP contribution in [0.1, 0.15) is 56.3 Å². The molecule has 0 fully saturated rings. The van der Waals surface area contributed by atoms with Gasteiger partial charge in [-0.2, -0.15) is 0 Å². The van der Waals surface area contributed by atoms with E-state index in [1.165, 1.54) is 10.9 Å². The molecule has 2 unspecified atom stereocenters. The summed E-state index contributed by atoms with van der Waals surface area (Å²) in [5.41, 5.74) is 9.74. The number of allylic oxidation sites excluding steroid dienone is 5. The van der Waals surface area contributed by atoms with Gasteiger partial charge in [0.1, 0.15) is 0 Å². The molecule has 0 nitrogen and oxygen atoms in total. The van der Waals surface area contributed by atoms with Crippen LogP contribution in [0.25, 0.3) is 5.31 Å². The third-order valence-corrected chi connectivity index (χ3v) is 14.0. The Morgan fingerprint density at radius 2 is 1.40 bits per heavy atom. The van der Waals surface area contributed by atoms with E-state index in [1.54, 1.807) is 36.5 Å². The number of benzene rings is 2. The summed E-state index contributed by atoms with van der Waals surface area (Å²) in [4.78, 5) is 0. The molecule has 2 atom stereocenters. The molecule has 4 heteroatoms. The predicted molar refractivity (Wildman–Crippen MR) is 121 cm³/mol. The average molecular weight is 535 g/mol. The van der Waals surface area contributed by atoms with E-state index in [1.807, 2.05) is 0 Å². The van der Waals surface area contributed by atoms with Gasteiger partial charge in [0.05, 0.1) is 0 Å². The van der Waals surface area contributed by atoms with Crippen LogP contribution < -0.4 is 30.1 Å². The molecule has 0 heterocycles. The van der Waals surface area contributed by atoms with Gasteiger partial charge in [0, 0.05) is 0 Å². The van der Waals surface area contributed by atoms with Crippen molar-refractivity contribution in [3.8, 4) is 0 Å². The molecule has 4 rings (SSSR count). The van der Waals surface area contributed by atoms with Crippen molar-refractivity contribution in [2.24, 2.45) is 5.41 Å². The van der Waals surface area contributed by atoms with Crippen molar-refractivity contribution >= 4 is 19.2 Å². The van der Waals surface area contributed by atoms with Gasteiger partial charge in [-0.3, -0.25) is 0 Å². The maximum atomic E-state index is 2.45. The van der Waals surface area contributed by atoms with Crippen LogP contribution in [0, 0.1) is 5.41 Å². The maximum Gasteiger partial charge on any atom is -1.00 e. The first kappa shape index (κ1) is 25.8. The van der Waals surface area contributed by atoms with Crippen molar-refractivity contribution in [3.63, 3.8) is 0 Å². The Kier molecular flexibility index (Phi) is 8.61. The first-order valence-corrected chi connectivity index (χ1v) is 13.8. The molecule has 30 heavy (non-hydrogen) atoms. The Morgan fingerprint density at radius 1 is 0.800 bits per heavy atom. The molecule has 2 aromatic carbocycles. The van der Waals surface area contributed by atoms with E-state index in [-0.39, 0.29) is 30.2 Å². The molecule has 0 radical (unpaired) electrons. The van der Waals surface area contributed by atoms with E-state index in [0.29, 0.717) is 3.63 Å². The molecular weight excluding hydrogens is 505 g/mol. The van der Waals surface area contributed by atoms with Gasteiger partial charge in [-0.05, 0) is 0 Å². The summed E-state index contributed by atoms with van der Waals surface area (Å²) in [6.45, 7) is 14.4. The number of hydrogen-bond acceptors (Lipinski definition) is 0. The molecule has 156 valence electrons. The van der Waals surface area contributed by atoms with Gasteiger partial charge in [0.15, 0.2) is 0 Å². The standard InChI is InChI=1S/C16H14P.C10H15.2ClH.Zr/c1-12-11-13-7-5-6-10-15(13)16(12)17-14-8-3-2-4-9-14;1-7-6-10(4,5)9(3)8(7)2;;;/h2-11,17H,1H3;1-5H3;2*1H;/q;;;;+2/p-2. The van der Waals surface area contributed by atoms with Gasteiger partial charge < -0.3 is 24.8 Å². The molecule has 0 aliphatic heterocycles. The molecule has 0 amide bonds. The maximum absolute atomic E-state index is 2.45. The molecule has 0 aromatic heterocycles. The predicted octanol–water partition coefficient (Wildman–Crippen LogP) is 1.22. The Labute approximate surface area is 207 Å². The molecule has 2 aliphatic carbocycles. The van der Waals surface area contributed by atoms with E-state index in [0.717, 1.165) is 8.58 Å². The minimum Gasteiger partial charge on any atom is -1.00 e. The van der Waals surface area contributed by atoms with E-state index >= 15 is 0 Å². The first-order valence-electron chi connectivity index (χ1n) is 10.1. The van der Waals surface area contributed by atoms with Crippen molar-refractivity contribution in [2.45, 2.75) is 45.2 Å². The summed E-state index contributed by atoms with van der Waals surface area (Å²) >= 11 is -0.798. The molecular formula is C26H29Cl2PZr. The fourth-order valence-electron chi connectivity index (χ4n) is 4.61. The van der Waals surface area contributed by atoms with Crippen LogP contribution in [-0.2, 0) is 23.2 Å². The fraction of sp³-hybridized carbons (Fsp3) is 0.308. The zero-order valence-electron chi connectivity index (χ0n) is 18.5. The quantitative estimate of drug-likeness (QED) is 0.518. The largest absolute Gasteiger partial charge is 1.00 e. The Hall–Kier alpha value is -0.447. The summed E-state index contributed by atoms with van der Waals surface area (Å²) in [6.07, 6.45) is 0. The summed E-state index contributed by atoms with van der Waals surface area (Å²) in [5, 5.41) is 3.05. The molecule has 0 spiro atoms. The smallest absolute Gasteiger partial charge is 1.00 e. The van der Waals surface area contributed by atoms with Crippen LogP contribution in [0.5, 0.6) is 0 Å². The SMILES string of the molecule is CC1=C(C)C(C)(C)[C]([Zr+2][CH]2C(C)=C(Pc3ccccc3)c3ccccc32)=C1C.[Cl-].[Cl-]. The number of rotatable bonds is 4. The molecule has 2 aliphatic rings. The minimum atomic E-state index is -0.798. The number of fused-ring (bicyclic) bond motifs is 1. The van der Waals surface area contributed by atoms with Crippen LogP contribution >= 0.6 is 8.58 Å². The normalized spacial score (nSPS) is 19.7. The molecule has 2 aromatic rings. The van der Waals surface area contributed by atoms with Gasteiger partial charge in [-0.25, -0.2) is 0 Å². The zero-order chi connectivity index (χ0) is 20.1. The van der Waals surface area contributed by atoms with E-state index in [4.69, 9.17) is 0 Å². The second-order valence-electron chi connectivity index (χ2n) is 8.59. The molecule has 0 saturated carbocycles. The summed E-state index contributed by atoms with van der Waals surface area (Å²) < 4.78 is 2.48. The van der Waals surface area contributed by atoms with Crippen molar-refractivity contribution in [1.29, 1.82) is 0 Å². The first-order chi connectivity index (χ1) is 13.3. The van der Waals surface area contributed by atoms with E-state index in [9.17, 15) is 0 Å². The van der Waals surface area contributed by atoms with Gasteiger partial charge in [0.25, 0.3) is 0 Å². The molecule has 0 saturated heterocycles.